The van der Waals surface area contributed by atoms with Gasteiger partial charge in [-0.15, -0.1) is 0 Å². The number of aromatic nitrogens is 2. The normalized spacial score (nSPS) is 13.1. The Hall–Kier alpha value is -2.91. The molecule has 1 aromatic heterocycles. The van der Waals surface area contributed by atoms with Gasteiger partial charge in [0, 0.05) is 20.2 Å². The van der Waals surface area contributed by atoms with Crippen molar-refractivity contribution in [3.8, 4) is 0 Å². The fraction of sp³-hybridized carbons (Fsp3) is 0.421. The number of hydrogen-bond acceptors (Lipinski definition) is 4. The molecule has 0 spiro atoms. The monoisotopic (exact) mass is 414 g/mol. The highest BCUT2D eigenvalue weighted by molar-refractivity contribution is 5.92. The van der Waals surface area contributed by atoms with Crippen LogP contribution in [-0.4, -0.2) is 30.0 Å². The van der Waals surface area contributed by atoms with Gasteiger partial charge in [-0.05, 0) is 23.1 Å². The maximum absolute atomic E-state index is 14.1. The minimum absolute atomic E-state index is 0.161. The predicted molar refractivity (Wildman–Crippen MR) is 100 cm³/mol. The molecule has 0 saturated carbocycles. The molecule has 0 fully saturated rings. The highest BCUT2D eigenvalue weighted by atomic mass is 19.4. The number of rotatable bonds is 4. The minimum Gasteiger partial charge on any atom is -0.348 e. The molecule has 1 aromatic carbocycles. The van der Waals surface area contributed by atoms with E-state index in [-0.39, 0.29) is 17.2 Å². The molecular weight excluding hydrogens is 392 g/mol. The second-order valence-electron chi connectivity index (χ2n) is 7.86. The van der Waals surface area contributed by atoms with Crippen LogP contribution in [0.4, 0.5) is 23.5 Å². The number of hydrogen-bond donors (Lipinski definition) is 2. The van der Waals surface area contributed by atoms with Gasteiger partial charge in [-0.1, -0.05) is 26.8 Å². The van der Waals surface area contributed by atoms with Crippen molar-refractivity contribution >= 4 is 11.9 Å². The third-order valence-corrected chi connectivity index (χ3v) is 4.16. The average molecular weight is 414 g/mol. The van der Waals surface area contributed by atoms with Gasteiger partial charge in [0.25, 0.3) is 11.5 Å². The summed E-state index contributed by atoms with van der Waals surface area (Å²) in [5.41, 5.74) is -2.60. The number of nitrogens with zero attached hydrogens (tertiary/aromatic N) is 2. The average Bonchev–Trinajstić information content (AvgIpc) is 2.56. The maximum atomic E-state index is 14.1. The van der Waals surface area contributed by atoms with Crippen molar-refractivity contribution in [1.29, 1.82) is 0 Å². The zero-order valence-corrected chi connectivity index (χ0v) is 16.6. The van der Waals surface area contributed by atoms with E-state index in [4.69, 9.17) is 0 Å². The molecule has 0 radical (unpaired) electrons. The first-order chi connectivity index (χ1) is 13.2. The second kappa shape index (κ2) is 7.84. The van der Waals surface area contributed by atoms with Crippen LogP contribution in [0.2, 0.25) is 0 Å². The number of nitrogens with one attached hydrogen (secondary N) is 2. The molecule has 0 bridgehead atoms. The summed E-state index contributed by atoms with van der Waals surface area (Å²) in [5.74, 6) is -1.97. The molecule has 1 unspecified atom stereocenters. The van der Waals surface area contributed by atoms with Crippen LogP contribution in [0.15, 0.2) is 29.1 Å². The van der Waals surface area contributed by atoms with Crippen molar-refractivity contribution in [2.75, 3.05) is 19.0 Å². The van der Waals surface area contributed by atoms with Crippen LogP contribution in [-0.2, 0) is 6.18 Å². The maximum Gasteiger partial charge on any atom is 0.419 e. The molecule has 2 rings (SSSR count). The summed E-state index contributed by atoms with van der Waals surface area (Å²) in [6, 6.07) is 2.70. The molecule has 0 aliphatic heterocycles. The number of H-pyrrole nitrogens is 1. The van der Waals surface area contributed by atoms with Gasteiger partial charge in [0.05, 0.1) is 11.6 Å². The minimum atomic E-state index is -4.82. The predicted octanol–water partition coefficient (Wildman–Crippen LogP) is 3.51. The van der Waals surface area contributed by atoms with Crippen molar-refractivity contribution in [2.45, 2.75) is 33.0 Å². The van der Waals surface area contributed by atoms with Crippen molar-refractivity contribution in [2.24, 2.45) is 5.41 Å². The summed E-state index contributed by atoms with van der Waals surface area (Å²) >= 11 is 0. The quantitative estimate of drug-likeness (QED) is 0.751. The Labute approximate surface area is 165 Å². The molecule has 6 nitrogen and oxygen atoms in total. The SMILES string of the molecule is CN(C)c1nc(C(=O)NC(c2ccc(C(F)(F)F)c(F)c2)C(C)(C)C)cc(=O)[nH]1. The molecule has 0 saturated heterocycles. The van der Waals surface area contributed by atoms with E-state index in [2.05, 4.69) is 15.3 Å². The second-order valence-corrected chi connectivity index (χ2v) is 7.86. The highest BCUT2D eigenvalue weighted by Crippen LogP contribution is 2.37. The number of carbonyl (C=O) groups is 1. The van der Waals surface area contributed by atoms with E-state index in [1.807, 2.05) is 0 Å². The summed E-state index contributed by atoms with van der Waals surface area (Å²) in [6.07, 6.45) is -4.82. The Morgan fingerprint density at radius 3 is 2.28 bits per heavy atom. The zero-order chi connectivity index (χ0) is 22.1. The van der Waals surface area contributed by atoms with Gasteiger partial charge < -0.3 is 10.2 Å². The Bertz CT molecular complexity index is 962. The molecule has 1 amide bonds. The van der Waals surface area contributed by atoms with Crippen LogP contribution < -0.4 is 15.8 Å². The molecule has 2 N–H and O–H groups in total. The molecule has 1 atom stereocenters. The first-order valence-corrected chi connectivity index (χ1v) is 8.66. The van der Waals surface area contributed by atoms with Gasteiger partial charge in [0.1, 0.15) is 11.5 Å². The van der Waals surface area contributed by atoms with Gasteiger partial charge in [0.15, 0.2) is 0 Å². The van der Waals surface area contributed by atoms with E-state index < -0.39 is 40.5 Å². The van der Waals surface area contributed by atoms with Crippen LogP contribution in [0.25, 0.3) is 0 Å². The van der Waals surface area contributed by atoms with Crippen molar-refractivity contribution < 1.29 is 22.4 Å². The van der Waals surface area contributed by atoms with Gasteiger partial charge in [0.2, 0.25) is 5.95 Å². The summed E-state index contributed by atoms with van der Waals surface area (Å²) in [6.45, 7) is 5.22. The lowest BCUT2D eigenvalue weighted by Gasteiger charge is -2.32. The number of amides is 1. The smallest absolute Gasteiger partial charge is 0.348 e. The van der Waals surface area contributed by atoms with E-state index in [0.29, 0.717) is 6.07 Å². The standard InChI is InChI=1S/C19H22F4N4O2/c1-18(2,3)15(10-6-7-11(12(20)8-10)19(21,22)23)26-16(29)13-9-14(28)25-17(24-13)27(4)5/h6-9,15H,1-5H3,(H,26,29)(H,24,25,28). The van der Waals surface area contributed by atoms with E-state index in [1.165, 1.54) is 4.90 Å². The Morgan fingerprint density at radius 1 is 1.17 bits per heavy atom. The zero-order valence-electron chi connectivity index (χ0n) is 16.6. The molecule has 0 aliphatic rings. The molecule has 0 aliphatic carbocycles. The molecule has 2 aromatic rings. The summed E-state index contributed by atoms with van der Waals surface area (Å²) < 4.78 is 52.6. The first-order valence-electron chi connectivity index (χ1n) is 8.66. The van der Waals surface area contributed by atoms with Crippen molar-refractivity contribution in [1.82, 2.24) is 15.3 Å². The number of benzene rings is 1. The van der Waals surface area contributed by atoms with E-state index in [1.54, 1.807) is 34.9 Å². The number of carbonyl (C=O) groups excluding carboxylic acids is 1. The van der Waals surface area contributed by atoms with E-state index in [0.717, 1.165) is 18.2 Å². The van der Waals surface area contributed by atoms with Gasteiger partial charge >= 0.3 is 6.18 Å². The van der Waals surface area contributed by atoms with Crippen LogP contribution in [0, 0.1) is 11.2 Å². The molecular formula is C19H22F4N4O2. The van der Waals surface area contributed by atoms with Crippen molar-refractivity contribution in [3.05, 3.63) is 57.3 Å². The Kier molecular flexibility index (Phi) is 6.05. The van der Waals surface area contributed by atoms with Crippen molar-refractivity contribution in [3.63, 3.8) is 0 Å². The third-order valence-electron chi connectivity index (χ3n) is 4.16. The third kappa shape index (κ3) is 5.33. The first kappa shape index (κ1) is 22.4. The number of anilines is 1. The topological polar surface area (TPSA) is 78.1 Å². The molecule has 29 heavy (non-hydrogen) atoms. The number of halogens is 4. The molecule has 1 heterocycles. The van der Waals surface area contributed by atoms with Crippen LogP contribution in [0.3, 0.4) is 0 Å². The van der Waals surface area contributed by atoms with Gasteiger partial charge in [-0.3, -0.25) is 14.6 Å². The fourth-order valence-corrected chi connectivity index (χ4v) is 2.72. The number of alkyl halides is 3. The summed E-state index contributed by atoms with van der Waals surface area (Å²) in [7, 11) is 3.26. The Balaban J connectivity index is 2.42. The van der Waals surface area contributed by atoms with Crippen LogP contribution in [0.5, 0.6) is 0 Å². The summed E-state index contributed by atoms with van der Waals surface area (Å²) in [5, 5.41) is 2.65. The van der Waals surface area contributed by atoms with Gasteiger partial charge in [-0.25, -0.2) is 9.37 Å². The fourth-order valence-electron chi connectivity index (χ4n) is 2.72. The molecule has 158 valence electrons. The largest absolute Gasteiger partial charge is 0.419 e. The van der Waals surface area contributed by atoms with Crippen LogP contribution in [0.1, 0.15) is 48.4 Å². The van der Waals surface area contributed by atoms with E-state index in [9.17, 15) is 27.2 Å². The lowest BCUT2D eigenvalue weighted by Crippen LogP contribution is -2.38. The van der Waals surface area contributed by atoms with Gasteiger partial charge in [-0.2, -0.15) is 13.2 Å². The number of aromatic amines is 1. The molecule has 10 heteroatoms. The van der Waals surface area contributed by atoms with Crippen LogP contribution >= 0.6 is 0 Å². The Morgan fingerprint density at radius 2 is 1.79 bits per heavy atom. The lowest BCUT2D eigenvalue weighted by atomic mass is 9.82. The van der Waals surface area contributed by atoms with E-state index >= 15 is 0 Å². The lowest BCUT2D eigenvalue weighted by molar-refractivity contribution is -0.140. The highest BCUT2D eigenvalue weighted by Gasteiger charge is 2.35. The summed E-state index contributed by atoms with van der Waals surface area (Å²) in [4.78, 5) is 32.5.